The van der Waals surface area contributed by atoms with Crippen LogP contribution in [0.15, 0.2) is 0 Å². The molecule has 1 heterocycles. The third-order valence-electron chi connectivity index (χ3n) is 4.79. The van der Waals surface area contributed by atoms with E-state index in [9.17, 15) is 14.9 Å². The molecule has 0 unspecified atom stereocenters. The molecule has 0 radical (unpaired) electrons. The van der Waals surface area contributed by atoms with Crippen molar-refractivity contribution >= 4 is 11.8 Å². The van der Waals surface area contributed by atoms with Crippen molar-refractivity contribution in [3.8, 4) is 6.07 Å². The van der Waals surface area contributed by atoms with E-state index in [1.54, 1.807) is 16.8 Å². The van der Waals surface area contributed by atoms with Crippen LogP contribution in [0.2, 0.25) is 0 Å². The SMILES string of the molecule is CCC(=O)N1CCC[C@H](C(=O)N(C)C2(C#N)CCC2)C1. The van der Waals surface area contributed by atoms with Gasteiger partial charge in [0.25, 0.3) is 0 Å². The van der Waals surface area contributed by atoms with Crippen molar-refractivity contribution < 1.29 is 9.59 Å². The van der Waals surface area contributed by atoms with Crippen molar-refractivity contribution in [1.82, 2.24) is 9.80 Å². The van der Waals surface area contributed by atoms with Crippen molar-refractivity contribution in [2.75, 3.05) is 20.1 Å². The van der Waals surface area contributed by atoms with Crippen LogP contribution in [0.4, 0.5) is 0 Å². The predicted octanol–water partition coefficient (Wildman–Crippen LogP) is 1.54. The van der Waals surface area contributed by atoms with Crippen LogP contribution < -0.4 is 0 Å². The summed E-state index contributed by atoms with van der Waals surface area (Å²) in [4.78, 5) is 27.8. The van der Waals surface area contributed by atoms with Gasteiger partial charge < -0.3 is 9.80 Å². The van der Waals surface area contributed by atoms with Gasteiger partial charge in [0, 0.05) is 26.6 Å². The molecular weight excluding hydrogens is 254 g/mol. The Balaban J connectivity index is 2.02. The Labute approximate surface area is 120 Å². The largest absolute Gasteiger partial charge is 0.342 e. The lowest BCUT2D eigenvalue weighted by molar-refractivity contribution is -0.144. The smallest absolute Gasteiger partial charge is 0.228 e. The first kappa shape index (κ1) is 14.8. The van der Waals surface area contributed by atoms with Crippen molar-refractivity contribution in [1.29, 1.82) is 5.26 Å². The molecule has 0 aromatic rings. The number of piperidine rings is 1. The van der Waals surface area contributed by atoms with Crippen molar-refractivity contribution in [2.45, 2.75) is 51.0 Å². The van der Waals surface area contributed by atoms with Crippen molar-refractivity contribution in [3.05, 3.63) is 0 Å². The molecule has 5 heteroatoms. The summed E-state index contributed by atoms with van der Waals surface area (Å²) >= 11 is 0. The van der Waals surface area contributed by atoms with E-state index < -0.39 is 5.54 Å². The molecule has 1 aliphatic heterocycles. The fraction of sp³-hybridized carbons (Fsp3) is 0.800. The van der Waals surface area contributed by atoms with Crippen molar-refractivity contribution in [3.63, 3.8) is 0 Å². The monoisotopic (exact) mass is 277 g/mol. The highest BCUT2D eigenvalue weighted by Crippen LogP contribution is 2.37. The van der Waals surface area contributed by atoms with Gasteiger partial charge in [-0.2, -0.15) is 5.26 Å². The van der Waals surface area contributed by atoms with Crippen LogP contribution >= 0.6 is 0 Å². The van der Waals surface area contributed by atoms with E-state index in [0.717, 1.165) is 38.6 Å². The van der Waals surface area contributed by atoms with Gasteiger partial charge in [0.15, 0.2) is 0 Å². The van der Waals surface area contributed by atoms with Crippen LogP contribution in [0.3, 0.4) is 0 Å². The standard InChI is InChI=1S/C15H23N3O2/c1-3-13(19)18-9-4-6-12(10-18)14(20)17(2)15(11-16)7-5-8-15/h12H,3-10H2,1-2H3/t12-/m0/s1. The third kappa shape index (κ3) is 2.52. The van der Waals surface area contributed by atoms with E-state index >= 15 is 0 Å². The molecule has 2 fully saturated rings. The number of rotatable bonds is 3. The Morgan fingerprint density at radius 1 is 1.40 bits per heavy atom. The highest BCUT2D eigenvalue weighted by molar-refractivity contribution is 5.82. The second-order valence-corrected chi connectivity index (χ2v) is 5.93. The molecule has 0 bridgehead atoms. The van der Waals surface area contributed by atoms with Crippen LogP contribution in [0.1, 0.15) is 45.4 Å². The van der Waals surface area contributed by atoms with E-state index in [-0.39, 0.29) is 17.7 Å². The van der Waals surface area contributed by atoms with Gasteiger partial charge in [-0.1, -0.05) is 6.92 Å². The molecule has 2 amide bonds. The maximum atomic E-state index is 12.6. The highest BCUT2D eigenvalue weighted by Gasteiger charge is 2.45. The van der Waals surface area contributed by atoms with Gasteiger partial charge >= 0.3 is 0 Å². The zero-order chi connectivity index (χ0) is 14.8. The van der Waals surface area contributed by atoms with Crippen LogP contribution in [0.25, 0.3) is 0 Å². The number of nitrogens with zero attached hydrogens (tertiary/aromatic N) is 3. The van der Waals surface area contributed by atoms with E-state index in [1.165, 1.54) is 0 Å². The summed E-state index contributed by atoms with van der Waals surface area (Å²) in [6.45, 7) is 3.11. The van der Waals surface area contributed by atoms with E-state index in [0.29, 0.717) is 13.0 Å². The Bertz CT molecular complexity index is 437. The molecule has 0 N–H and O–H groups in total. The first-order valence-electron chi connectivity index (χ1n) is 7.51. The molecule has 2 rings (SSSR count). The summed E-state index contributed by atoms with van der Waals surface area (Å²) in [6, 6.07) is 2.30. The second kappa shape index (κ2) is 5.82. The number of hydrogen-bond donors (Lipinski definition) is 0. The van der Waals surface area contributed by atoms with Crippen LogP contribution in [0, 0.1) is 17.2 Å². The number of nitriles is 1. The van der Waals surface area contributed by atoms with Crippen LogP contribution in [-0.4, -0.2) is 47.3 Å². The maximum absolute atomic E-state index is 12.6. The van der Waals surface area contributed by atoms with Crippen molar-refractivity contribution in [2.24, 2.45) is 5.92 Å². The molecule has 1 aliphatic carbocycles. The summed E-state index contributed by atoms with van der Waals surface area (Å²) < 4.78 is 0. The summed E-state index contributed by atoms with van der Waals surface area (Å²) in [5.74, 6) is -0.00118. The Hall–Kier alpha value is -1.57. The van der Waals surface area contributed by atoms with Gasteiger partial charge in [0.05, 0.1) is 12.0 Å². The summed E-state index contributed by atoms with van der Waals surface area (Å²) in [6.07, 6.45) is 4.73. The lowest BCUT2D eigenvalue weighted by atomic mass is 9.76. The molecule has 5 nitrogen and oxygen atoms in total. The minimum absolute atomic E-state index is 0.0276. The number of amides is 2. The molecule has 0 aromatic carbocycles. The average Bonchev–Trinajstić information content (AvgIpc) is 2.45. The van der Waals surface area contributed by atoms with Gasteiger partial charge in [-0.05, 0) is 32.1 Å². The minimum atomic E-state index is -0.589. The molecule has 2 aliphatic rings. The van der Waals surface area contributed by atoms with E-state index in [2.05, 4.69) is 6.07 Å². The third-order valence-corrected chi connectivity index (χ3v) is 4.79. The minimum Gasteiger partial charge on any atom is -0.342 e. The summed E-state index contributed by atoms with van der Waals surface area (Å²) in [7, 11) is 1.74. The fourth-order valence-corrected chi connectivity index (χ4v) is 3.15. The normalized spacial score (nSPS) is 24.4. The first-order chi connectivity index (χ1) is 9.54. The molecular formula is C15H23N3O2. The number of likely N-dealkylation sites (tertiary alicyclic amines) is 1. The summed E-state index contributed by atoms with van der Waals surface area (Å²) in [5.41, 5.74) is -0.589. The topological polar surface area (TPSA) is 64.4 Å². The Kier molecular flexibility index (Phi) is 4.32. The zero-order valence-electron chi connectivity index (χ0n) is 12.4. The molecule has 0 aromatic heterocycles. The quantitative estimate of drug-likeness (QED) is 0.786. The lowest BCUT2D eigenvalue weighted by Crippen LogP contribution is -2.56. The van der Waals surface area contributed by atoms with Gasteiger partial charge in [-0.15, -0.1) is 0 Å². The fourth-order valence-electron chi connectivity index (χ4n) is 3.15. The van der Waals surface area contributed by atoms with Gasteiger partial charge in [0.1, 0.15) is 5.54 Å². The predicted molar refractivity (Wildman–Crippen MR) is 74.6 cm³/mol. The number of carbonyl (C=O) groups is 2. The maximum Gasteiger partial charge on any atom is 0.228 e. The Morgan fingerprint density at radius 2 is 2.10 bits per heavy atom. The zero-order valence-corrected chi connectivity index (χ0v) is 12.4. The molecule has 0 spiro atoms. The molecule has 20 heavy (non-hydrogen) atoms. The molecule has 1 saturated carbocycles. The van der Waals surface area contributed by atoms with Gasteiger partial charge in [0.2, 0.25) is 11.8 Å². The summed E-state index contributed by atoms with van der Waals surface area (Å²) in [5, 5.41) is 9.32. The molecule has 1 saturated heterocycles. The average molecular weight is 277 g/mol. The Morgan fingerprint density at radius 3 is 2.60 bits per heavy atom. The second-order valence-electron chi connectivity index (χ2n) is 5.93. The number of carbonyl (C=O) groups excluding carboxylic acids is 2. The molecule has 110 valence electrons. The van der Waals surface area contributed by atoms with Crippen LogP contribution in [0.5, 0.6) is 0 Å². The van der Waals surface area contributed by atoms with Crippen LogP contribution in [-0.2, 0) is 9.59 Å². The van der Waals surface area contributed by atoms with E-state index in [1.807, 2.05) is 6.92 Å². The highest BCUT2D eigenvalue weighted by atomic mass is 16.2. The number of hydrogen-bond acceptors (Lipinski definition) is 3. The van der Waals surface area contributed by atoms with E-state index in [4.69, 9.17) is 0 Å². The molecule has 1 atom stereocenters. The first-order valence-corrected chi connectivity index (χ1v) is 7.51. The van der Waals surface area contributed by atoms with Gasteiger partial charge in [-0.3, -0.25) is 9.59 Å². The van der Waals surface area contributed by atoms with Gasteiger partial charge in [-0.25, -0.2) is 0 Å². The lowest BCUT2D eigenvalue weighted by Gasteiger charge is -2.45.